The standard InChI is InChI=1S/C14H21N/c1-5-6-11-14(2)12-9-7-8-10-13-15(3)4/h5-11H,1-2,12-13H2,3-4H3/b9-7-,10-8-,11-6-. The lowest BCUT2D eigenvalue weighted by molar-refractivity contribution is 0.456. The van der Waals surface area contributed by atoms with Crippen LogP contribution in [0.25, 0.3) is 0 Å². The molecule has 0 aliphatic rings. The topological polar surface area (TPSA) is 3.24 Å². The Morgan fingerprint density at radius 2 is 1.80 bits per heavy atom. The highest BCUT2D eigenvalue weighted by Crippen LogP contribution is 2.01. The summed E-state index contributed by atoms with van der Waals surface area (Å²) in [6.07, 6.45) is 14.9. The molecule has 0 atom stereocenters. The van der Waals surface area contributed by atoms with Crippen LogP contribution in [0.4, 0.5) is 0 Å². The maximum atomic E-state index is 3.92. The first-order valence-electron chi connectivity index (χ1n) is 5.10. The summed E-state index contributed by atoms with van der Waals surface area (Å²) in [5.41, 5.74) is 1.09. The van der Waals surface area contributed by atoms with Gasteiger partial charge in [0.05, 0.1) is 0 Å². The van der Waals surface area contributed by atoms with E-state index in [2.05, 4.69) is 56.5 Å². The smallest absolute Gasteiger partial charge is 0.0160 e. The van der Waals surface area contributed by atoms with E-state index < -0.39 is 0 Å². The molecule has 0 bridgehead atoms. The Hall–Kier alpha value is -1.34. The number of likely N-dealkylation sites (N-methyl/N-ethyl adjacent to an activating group) is 1. The van der Waals surface area contributed by atoms with Crippen molar-refractivity contribution in [2.45, 2.75) is 6.42 Å². The monoisotopic (exact) mass is 203 g/mol. The molecule has 82 valence electrons. The summed E-state index contributed by atoms with van der Waals surface area (Å²) >= 11 is 0. The minimum Gasteiger partial charge on any atom is -0.306 e. The van der Waals surface area contributed by atoms with Crippen LogP contribution in [0, 0.1) is 0 Å². The number of hydrogen-bond donors (Lipinski definition) is 0. The van der Waals surface area contributed by atoms with Crippen molar-refractivity contribution < 1.29 is 0 Å². The van der Waals surface area contributed by atoms with Crippen LogP contribution in [-0.4, -0.2) is 25.5 Å². The Bertz CT molecular complexity index is 267. The first-order chi connectivity index (χ1) is 7.16. The van der Waals surface area contributed by atoms with Gasteiger partial charge in [0.1, 0.15) is 0 Å². The van der Waals surface area contributed by atoms with Crippen LogP contribution in [0.3, 0.4) is 0 Å². The van der Waals surface area contributed by atoms with Gasteiger partial charge in [-0.2, -0.15) is 0 Å². The van der Waals surface area contributed by atoms with Gasteiger partial charge >= 0.3 is 0 Å². The summed E-state index contributed by atoms with van der Waals surface area (Å²) in [5, 5.41) is 0. The first kappa shape index (κ1) is 13.7. The van der Waals surface area contributed by atoms with Crippen LogP contribution in [0.1, 0.15) is 6.42 Å². The maximum Gasteiger partial charge on any atom is 0.0160 e. The van der Waals surface area contributed by atoms with Gasteiger partial charge in [-0.3, -0.25) is 0 Å². The van der Waals surface area contributed by atoms with Gasteiger partial charge in [-0.15, -0.1) is 0 Å². The third kappa shape index (κ3) is 10.6. The average Bonchev–Trinajstić information content (AvgIpc) is 2.19. The van der Waals surface area contributed by atoms with E-state index in [0.717, 1.165) is 18.5 Å². The summed E-state index contributed by atoms with van der Waals surface area (Å²) in [6.45, 7) is 8.50. The molecule has 0 unspecified atom stereocenters. The van der Waals surface area contributed by atoms with Crippen molar-refractivity contribution in [2.75, 3.05) is 20.6 Å². The Morgan fingerprint density at radius 3 is 2.40 bits per heavy atom. The summed E-state index contributed by atoms with van der Waals surface area (Å²) in [7, 11) is 4.10. The van der Waals surface area contributed by atoms with Gasteiger partial charge in [-0.1, -0.05) is 61.3 Å². The third-order valence-electron chi connectivity index (χ3n) is 1.70. The molecule has 0 fully saturated rings. The molecule has 0 aromatic carbocycles. The van der Waals surface area contributed by atoms with Crippen molar-refractivity contribution in [3.05, 3.63) is 61.3 Å². The van der Waals surface area contributed by atoms with Crippen molar-refractivity contribution in [3.63, 3.8) is 0 Å². The molecule has 0 aliphatic heterocycles. The van der Waals surface area contributed by atoms with Crippen molar-refractivity contribution in [2.24, 2.45) is 0 Å². The molecule has 0 rings (SSSR count). The summed E-state index contributed by atoms with van der Waals surface area (Å²) in [4.78, 5) is 2.12. The minimum atomic E-state index is 0.886. The second-order valence-electron chi connectivity index (χ2n) is 3.58. The molecule has 0 aromatic rings. The predicted molar refractivity (Wildman–Crippen MR) is 69.9 cm³/mol. The van der Waals surface area contributed by atoms with Gasteiger partial charge in [0.15, 0.2) is 0 Å². The Morgan fingerprint density at radius 1 is 1.13 bits per heavy atom. The van der Waals surface area contributed by atoms with Gasteiger partial charge in [0, 0.05) is 6.54 Å². The fraction of sp³-hybridized carbons (Fsp3) is 0.286. The fourth-order valence-electron chi connectivity index (χ4n) is 0.920. The molecule has 0 amide bonds. The lowest BCUT2D eigenvalue weighted by Crippen LogP contribution is -2.10. The van der Waals surface area contributed by atoms with E-state index in [0.29, 0.717) is 0 Å². The molecule has 0 N–H and O–H groups in total. The van der Waals surface area contributed by atoms with E-state index >= 15 is 0 Å². The van der Waals surface area contributed by atoms with Crippen LogP contribution in [-0.2, 0) is 0 Å². The van der Waals surface area contributed by atoms with Crippen LogP contribution in [0.15, 0.2) is 61.3 Å². The van der Waals surface area contributed by atoms with Crippen molar-refractivity contribution in [1.29, 1.82) is 0 Å². The molecule has 0 radical (unpaired) electrons. The molecule has 0 spiro atoms. The molecule has 1 heteroatoms. The molecule has 15 heavy (non-hydrogen) atoms. The third-order valence-corrected chi connectivity index (χ3v) is 1.70. The van der Waals surface area contributed by atoms with Crippen LogP contribution < -0.4 is 0 Å². The van der Waals surface area contributed by atoms with Crippen LogP contribution in [0.5, 0.6) is 0 Å². The molecular weight excluding hydrogens is 182 g/mol. The van der Waals surface area contributed by atoms with Crippen molar-refractivity contribution in [3.8, 4) is 0 Å². The summed E-state index contributed by atoms with van der Waals surface area (Å²) < 4.78 is 0. The quantitative estimate of drug-likeness (QED) is 0.574. The SMILES string of the molecule is C=C/C=C\C(=C)C/C=C\C=C/CN(C)C. The lowest BCUT2D eigenvalue weighted by Gasteiger charge is -2.02. The summed E-state index contributed by atoms with van der Waals surface area (Å²) in [6, 6.07) is 0. The molecule has 0 aliphatic carbocycles. The van der Waals surface area contributed by atoms with Crippen molar-refractivity contribution in [1.82, 2.24) is 4.90 Å². The van der Waals surface area contributed by atoms with E-state index in [1.807, 2.05) is 12.2 Å². The number of hydrogen-bond acceptors (Lipinski definition) is 1. The molecule has 0 heterocycles. The lowest BCUT2D eigenvalue weighted by atomic mass is 10.2. The van der Waals surface area contributed by atoms with E-state index in [1.54, 1.807) is 6.08 Å². The average molecular weight is 203 g/mol. The highest BCUT2D eigenvalue weighted by atomic mass is 15.0. The predicted octanol–water partition coefficient (Wildman–Crippen LogP) is 3.35. The first-order valence-corrected chi connectivity index (χ1v) is 5.10. The van der Waals surface area contributed by atoms with E-state index in [-0.39, 0.29) is 0 Å². The zero-order valence-corrected chi connectivity index (χ0v) is 9.82. The van der Waals surface area contributed by atoms with Crippen LogP contribution >= 0.6 is 0 Å². The highest BCUT2D eigenvalue weighted by Gasteiger charge is 1.82. The molecular formula is C14H21N. The van der Waals surface area contributed by atoms with E-state index in [4.69, 9.17) is 0 Å². The van der Waals surface area contributed by atoms with Gasteiger partial charge in [0.25, 0.3) is 0 Å². The largest absolute Gasteiger partial charge is 0.306 e. The summed E-state index contributed by atoms with van der Waals surface area (Å²) in [5.74, 6) is 0. The normalized spacial score (nSPS) is 12.2. The van der Waals surface area contributed by atoms with Gasteiger partial charge in [-0.05, 0) is 20.5 Å². The second-order valence-corrected chi connectivity index (χ2v) is 3.58. The highest BCUT2D eigenvalue weighted by molar-refractivity contribution is 5.21. The molecule has 0 saturated carbocycles. The Kier molecular flexibility index (Phi) is 8.40. The number of rotatable bonds is 7. The fourth-order valence-corrected chi connectivity index (χ4v) is 0.920. The zero-order chi connectivity index (χ0) is 11.5. The minimum absolute atomic E-state index is 0.886. The van der Waals surface area contributed by atoms with Crippen molar-refractivity contribution >= 4 is 0 Å². The zero-order valence-electron chi connectivity index (χ0n) is 9.82. The Balaban J connectivity index is 3.70. The van der Waals surface area contributed by atoms with Gasteiger partial charge < -0.3 is 4.90 Å². The van der Waals surface area contributed by atoms with E-state index in [1.165, 1.54) is 0 Å². The van der Waals surface area contributed by atoms with Crippen LogP contribution in [0.2, 0.25) is 0 Å². The van der Waals surface area contributed by atoms with Gasteiger partial charge in [-0.25, -0.2) is 0 Å². The molecule has 1 nitrogen and oxygen atoms in total. The molecule has 0 saturated heterocycles. The number of nitrogens with zero attached hydrogens (tertiary/aromatic N) is 1. The van der Waals surface area contributed by atoms with Gasteiger partial charge in [0.2, 0.25) is 0 Å². The maximum absolute atomic E-state index is 3.92. The number of allylic oxidation sites excluding steroid dienone is 7. The second kappa shape index (κ2) is 9.22. The van der Waals surface area contributed by atoms with E-state index in [9.17, 15) is 0 Å². The molecule has 0 aromatic heterocycles. The Labute approximate surface area is 93.8 Å².